The Morgan fingerprint density at radius 3 is 2.48 bits per heavy atom. The molecule has 0 aliphatic rings. The Hall–Kier alpha value is -3.33. The van der Waals surface area contributed by atoms with Crippen LogP contribution < -0.4 is 10.9 Å². The molecule has 0 fully saturated rings. The highest BCUT2D eigenvalue weighted by molar-refractivity contribution is 6.33. The number of rotatable bonds is 6. The second-order valence-electron chi connectivity index (χ2n) is 6.86. The summed E-state index contributed by atoms with van der Waals surface area (Å²) in [7, 11) is 0. The first-order valence-corrected chi connectivity index (χ1v) is 9.47. The lowest BCUT2D eigenvalue weighted by molar-refractivity contribution is -0.138. The Kier molecular flexibility index (Phi) is 6.35. The number of halogens is 4. The lowest BCUT2D eigenvalue weighted by atomic mass is 9.98. The molecule has 0 spiro atoms. The number of anilines is 2. The van der Waals surface area contributed by atoms with Crippen molar-refractivity contribution < 1.29 is 23.1 Å². The SMILES string of the molecule is CC(CC(=O)O)c1ccc(-n2ccnc(Nc3ccc(C(F)(F)F)cc3Cl)c2=O)cc1. The van der Waals surface area contributed by atoms with E-state index in [1.165, 1.54) is 17.0 Å². The van der Waals surface area contributed by atoms with Crippen molar-refractivity contribution in [1.29, 1.82) is 0 Å². The van der Waals surface area contributed by atoms with Gasteiger partial charge in [-0.3, -0.25) is 14.2 Å². The van der Waals surface area contributed by atoms with Gasteiger partial charge in [-0.05, 0) is 41.8 Å². The summed E-state index contributed by atoms with van der Waals surface area (Å²) in [6.07, 6.45) is -1.75. The van der Waals surface area contributed by atoms with Gasteiger partial charge in [-0.2, -0.15) is 13.2 Å². The highest BCUT2D eigenvalue weighted by Gasteiger charge is 2.31. The summed E-state index contributed by atoms with van der Waals surface area (Å²) in [5.41, 5.74) is -0.0123. The fourth-order valence-electron chi connectivity index (χ4n) is 2.96. The maximum atomic E-state index is 12.8. The van der Waals surface area contributed by atoms with Gasteiger partial charge in [0.25, 0.3) is 5.56 Å². The predicted molar refractivity (Wildman–Crippen MR) is 110 cm³/mol. The molecule has 3 rings (SSSR count). The molecule has 0 bridgehead atoms. The maximum Gasteiger partial charge on any atom is 0.416 e. The van der Waals surface area contributed by atoms with E-state index in [1.54, 1.807) is 31.2 Å². The third-order valence-electron chi connectivity index (χ3n) is 4.61. The molecule has 1 atom stereocenters. The van der Waals surface area contributed by atoms with E-state index < -0.39 is 23.3 Å². The van der Waals surface area contributed by atoms with Crippen LogP contribution >= 0.6 is 11.6 Å². The molecule has 0 amide bonds. The van der Waals surface area contributed by atoms with Gasteiger partial charge in [-0.1, -0.05) is 30.7 Å². The molecule has 1 heterocycles. The maximum absolute atomic E-state index is 12.8. The van der Waals surface area contributed by atoms with E-state index in [4.69, 9.17) is 16.7 Å². The summed E-state index contributed by atoms with van der Waals surface area (Å²) in [5, 5.41) is 11.4. The van der Waals surface area contributed by atoms with Gasteiger partial charge in [0, 0.05) is 18.1 Å². The largest absolute Gasteiger partial charge is 0.481 e. The van der Waals surface area contributed by atoms with Gasteiger partial charge in [0.15, 0.2) is 5.82 Å². The smallest absolute Gasteiger partial charge is 0.416 e. The van der Waals surface area contributed by atoms with Crippen LogP contribution in [0, 0.1) is 0 Å². The topological polar surface area (TPSA) is 84.2 Å². The van der Waals surface area contributed by atoms with Crippen molar-refractivity contribution in [3.05, 3.63) is 81.4 Å². The van der Waals surface area contributed by atoms with Crippen LogP contribution in [0.5, 0.6) is 0 Å². The van der Waals surface area contributed by atoms with E-state index in [2.05, 4.69) is 10.3 Å². The zero-order valence-electron chi connectivity index (χ0n) is 16.2. The van der Waals surface area contributed by atoms with Crippen LogP contribution in [-0.2, 0) is 11.0 Å². The highest BCUT2D eigenvalue weighted by atomic mass is 35.5. The number of hydrogen-bond donors (Lipinski definition) is 2. The molecule has 0 aliphatic carbocycles. The van der Waals surface area contributed by atoms with Crippen LogP contribution in [0.3, 0.4) is 0 Å². The zero-order chi connectivity index (χ0) is 22.8. The van der Waals surface area contributed by atoms with E-state index >= 15 is 0 Å². The second kappa shape index (κ2) is 8.81. The van der Waals surface area contributed by atoms with Crippen molar-refractivity contribution in [2.45, 2.75) is 25.4 Å². The van der Waals surface area contributed by atoms with Gasteiger partial charge < -0.3 is 10.4 Å². The van der Waals surface area contributed by atoms with Gasteiger partial charge in [0.1, 0.15) is 0 Å². The Morgan fingerprint density at radius 1 is 1.23 bits per heavy atom. The monoisotopic (exact) mass is 451 g/mol. The molecular weight excluding hydrogens is 435 g/mol. The molecule has 10 heteroatoms. The third-order valence-corrected chi connectivity index (χ3v) is 4.92. The van der Waals surface area contributed by atoms with Crippen LogP contribution in [0.1, 0.15) is 30.4 Å². The molecule has 31 heavy (non-hydrogen) atoms. The summed E-state index contributed by atoms with van der Waals surface area (Å²) in [6, 6.07) is 9.55. The van der Waals surface area contributed by atoms with Crippen molar-refractivity contribution in [3.63, 3.8) is 0 Å². The van der Waals surface area contributed by atoms with Crippen LogP contribution in [0.2, 0.25) is 5.02 Å². The van der Waals surface area contributed by atoms with Gasteiger partial charge in [-0.15, -0.1) is 0 Å². The number of carbonyl (C=O) groups is 1. The molecule has 2 aromatic carbocycles. The Labute approximate surface area is 179 Å². The van der Waals surface area contributed by atoms with Crippen molar-refractivity contribution in [1.82, 2.24) is 9.55 Å². The molecule has 1 unspecified atom stereocenters. The van der Waals surface area contributed by atoms with Crippen molar-refractivity contribution in [2.24, 2.45) is 0 Å². The molecule has 1 aromatic heterocycles. The third kappa shape index (κ3) is 5.24. The number of aromatic nitrogens is 2. The van der Waals surface area contributed by atoms with Crippen LogP contribution in [-0.4, -0.2) is 20.6 Å². The van der Waals surface area contributed by atoms with E-state index in [0.717, 1.165) is 23.8 Å². The summed E-state index contributed by atoms with van der Waals surface area (Å²) in [5.74, 6) is -1.22. The Bertz CT molecular complexity index is 1160. The number of nitrogens with zero attached hydrogens (tertiary/aromatic N) is 2. The minimum Gasteiger partial charge on any atom is -0.481 e. The summed E-state index contributed by atoms with van der Waals surface area (Å²) in [4.78, 5) is 27.6. The lowest BCUT2D eigenvalue weighted by Gasteiger charge is -2.13. The average molecular weight is 452 g/mol. The van der Waals surface area contributed by atoms with Crippen LogP contribution in [0.25, 0.3) is 5.69 Å². The molecule has 0 radical (unpaired) electrons. The van der Waals surface area contributed by atoms with Gasteiger partial charge in [0.2, 0.25) is 0 Å². The molecule has 3 aromatic rings. The first-order valence-electron chi connectivity index (χ1n) is 9.10. The molecule has 0 saturated heterocycles. The number of carboxylic acid groups (broad SMARTS) is 1. The lowest BCUT2D eigenvalue weighted by Crippen LogP contribution is -2.22. The standard InChI is InChI=1S/C21H17ClF3N3O3/c1-12(10-18(29)30)13-2-5-15(6-3-13)28-9-8-26-19(20(28)31)27-17-7-4-14(11-16(17)22)21(23,24)25/h2-9,11-12H,10H2,1H3,(H,26,27)(H,29,30). The molecule has 6 nitrogen and oxygen atoms in total. The van der Waals surface area contributed by atoms with Gasteiger partial charge >= 0.3 is 12.1 Å². The first kappa shape index (κ1) is 22.4. The minimum atomic E-state index is -4.53. The summed E-state index contributed by atoms with van der Waals surface area (Å²) < 4.78 is 39.7. The first-order chi connectivity index (χ1) is 14.6. The Morgan fingerprint density at radius 2 is 1.90 bits per heavy atom. The van der Waals surface area contributed by atoms with Crippen LogP contribution in [0.15, 0.2) is 59.7 Å². The fraction of sp³-hybridized carbons (Fsp3) is 0.190. The number of aliphatic carboxylic acids is 1. The van der Waals surface area contributed by atoms with Gasteiger partial charge in [-0.25, -0.2) is 4.98 Å². The molecule has 2 N–H and O–H groups in total. The molecule has 0 aliphatic heterocycles. The van der Waals surface area contributed by atoms with E-state index in [-0.39, 0.29) is 28.9 Å². The zero-order valence-corrected chi connectivity index (χ0v) is 16.9. The fourth-order valence-corrected chi connectivity index (χ4v) is 3.19. The molecule has 0 saturated carbocycles. The van der Waals surface area contributed by atoms with Crippen molar-refractivity contribution in [2.75, 3.05) is 5.32 Å². The summed E-state index contributed by atoms with van der Waals surface area (Å²) >= 11 is 5.94. The Balaban J connectivity index is 1.87. The van der Waals surface area contributed by atoms with Crippen molar-refractivity contribution >= 4 is 29.1 Å². The summed E-state index contributed by atoms with van der Waals surface area (Å²) in [6.45, 7) is 1.79. The number of benzene rings is 2. The molecular formula is C21H17ClF3N3O3. The van der Waals surface area contributed by atoms with Gasteiger partial charge in [0.05, 0.1) is 22.7 Å². The van der Waals surface area contributed by atoms with E-state index in [9.17, 15) is 22.8 Å². The number of nitrogens with one attached hydrogen (secondary N) is 1. The number of carboxylic acids is 1. The highest BCUT2D eigenvalue weighted by Crippen LogP contribution is 2.34. The van der Waals surface area contributed by atoms with E-state index in [0.29, 0.717) is 5.69 Å². The predicted octanol–water partition coefficient (Wildman–Crippen LogP) is 5.23. The van der Waals surface area contributed by atoms with E-state index in [1.807, 2.05) is 0 Å². The quantitative estimate of drug-likeness (QED) is 0.536. The second-order valence-corrected chi connectivity index (χ2v) is 7.27. The number of hydrogen-bond acceptors (Lipinski definition) is 4. The van der Waals surface area contributed by atoms with Crippen molar-refractivity contribution in [3.8, 4) is 5.69 Å². The molecule has 162 valence electrons. The normalized spacial score (nSPS) is 12.4. The number of alkyl halides is 3. The average Bonchev–Trinajstić information content (AvgIpc) is 2.70. The van der Waals surface area contributed by atoms with Crippen LogP contribution in [0.4, 0.5) is 24.7 Å². The minimum absolute atomic E-state index is 0.0174.